The summed E-state index contributed by atoms with van der Waals surface area (Å²) >= 11 is 12.2. The van der Waals surface area contributed by atoms with Gasteiger partial charge < -0.3 is 0 Å². The maximum atomic E-state index is 12.9. The average Bonchev–Trinajstić information content (AvgIpc) is 2.32. The number of nitrogens with one attached hydrogen (secondary N) is 1. The van der Waals surface area contributed by atoms with Crippen LogP contribution in [0.1, 0.15) is 0 Å². The first-order valence-corrected chi connectivity index (χ1v) is 8.67. The molecule has 8 heteroatoms. The molecule has 106 valence electrons. The summed E-state index contributed by atoms with van der Waals surface area (Å²) in [5.74, 6) is -0.539. The predicted molar refractivity (Wildman–Crippen MR) is 84.1 cm³/mol. The summed E-state index contributed by atoms with van der Waals surface area (Å²) in [6.45, 7) is 0. The Balaban J connectivity index is 2.41. The van der Waals surface area contributed by atoms with E-state index in [0.29, 0.717) is 4.47 Å². The van der Waals surface area contributed by atoms with Crippen LogP contribution in [0.25, 0.3) is 0 Å². The summed E-state index contributed by atoms with van der Waals surface area (Å²) in [6.07, 6.45) is 0. The fourth-order valence-electron chi connectivity index (χ4n) is 1.47. The molecule has 0 aliphatic heterocycles. The van der Waals surface area contributed by atoms with Crippen LogP contribution in [0.4, 0.5) is 10.1 Å². The number of hydrogen-bond acceptors (Lipinski definition) is 2. The molecule has 0 spiro atoms. The molecule has 0 aliphatic carbocycles. The van der Waals surface area contributed by atoms with E-state index in [-0.39, 0.29) is 15.6 Å². The van der Waals surface area contributed by atoms with E-state index in [2.05, 4.69) is 36.6 Å². The molecule has 3 nitrogen and oxygen atoms in total. The molecule has 0 unspecified atom stereocenters. The van der Waals surface area contributed by atoms with Crippen LogP contribution in [-0.4, -0.2) is 8.42 Å². The molecule has 0 saturated carbocycles. The van der Waals surface area contributed by atoms with Crippen LogP contribution in [0.5, 0.6) is 0 Å². The van der Waals surface area contributed by atoms with Crippen LogP contribution < -0.4 is 4.72 Å². The Hall–Kier alpha value is -0.630. The van der Waals surface area contributed by atoms with Crippen LogP contribution in [-0.2, 0) is 10.0 Å². The van der Waals surface area contributed by atoms with Crippen molar-refractivity contribution in [3.05, 3.63) is 56.2 Å². The highest BCUT2D eigenvalue weighted by Crippen LogP contribution is 2.29. The molecule has 2 rings (SSSR count). The summed E-state index contributed by atoms with van der Waals surface area (Å²) in [4.78, 5) is 0.0566. The van der Waals surface area contributed by atoms with Crippen molar-refractivity contribution in [3.8, 4) is 0 Å². The van der Waals surface area contributed by atoms with E-state index in [1.807, 2.05) is 0 Å². The fourth-order valence-corrected chi connectivity index (χ4v) is 4.56. The molecule has 2 aromatic carbocycles. The van der Waals surface area contributed by atoms with Crippen LogP contribution in [0.3, 0.4) is 0 Å². The number of anilines is 1. The quantitative estimate of drug-likeness (QED) is 0.741. The third-order valence-electron chi connectivity index (χ3n) is 2.36. The van der Waals surface area contributed by atoms with Crippen molar-refractivity contribution < 1.29 is 12.8 Å². The molecule has 1 N–H and O–H groups in total. The third-order valence-corrected chi connectivity index (χ3v) is 5.51. The Morgan fingerprint density at radius 3 is 2.40 bits per heavy atom. The van der Waals surface area contributed by atoms with Crippen LogP contribution in [0.2, 0.25) is 5.02 Å². The van der Waals surface area contributed by atoms with Crippen molar-refractivity contribution >= 4 is 59.2 Å². The normalized spacial score (nSPS) is 11.4. The van der Waals surface area contributed by atoms with Gasteiger partial charge in [-0.3, -0.25) is 4.72 Å². The molecular formula is C12H7Br2ClFNO2S. The van der Waals surface area contributed by atoms with Gasteiger partial charge in [0.05, 0.1) is 10.7 Å². The van der Waals surface area contributed by atoms with Crippen LogP contribution >= 0.6 is 43.5 Å². The van der Waals surface area contributed by atoms with Gasteiger partial charge >= 0.3 is 0 Å². The second kappa shape index (κ2) is 6.01. The topological polar surface area (TPSA) is 46.2 Å². The van der Waals surface area contributed by atoms with Crippen molar-refractivity contribution in [2.75, 3.05) is 4.72 Å². The third kappa shape index (κ3) is 3.52. The first-order chi connectivity index (χ1) is 9.29. The Morgan fingerprint density at radius 1 is 1.10 bits per heavy atom. The second-order valence-electron chi connectivity index (χ2n) is 3.80. The lowest BCUT2D eigenvalue weighted by atomic mass is 10.3. The van der Waals surface area contributed by atoms with Crippen molar-refractivity contribution in [1.82, 2.24) is 0 Å². The number of benzene rings is 2. The highest BCUT2D eigenvalue weighted by Gasteiger charge is 2.19. The van der Waals surface area contributed by atoms with Crippen molar-refractivity contribution in [2.24, 2.45) is 0 Å². The maximum Gasteiger partial charge on any atom is 0.263 e. The molecule has 0 atom stereocenters. The number of halogens is 4. The summed E-state index contributed by atoms with van der Waals surface area (Å²) in [7, 11) is -3.82. The van der Waals surface area contributed by atoms with E-state index in [0.717, 1.165) is 16.6 Å². The lowest BCUT2D eigenvalue weighted by molar-refractivity contribution is 0.600. The van der Waals surface area contributed by atoms with Gasteiger partial charge in [-0.2, -0.15) is 0 Å². The molecule has 0 fully saturated rings. The SMILES string of the molecule is O=S(=O)(Nc1ccc(F)cc1Cl)c1ccc(Br)cc1Br. The standard InChI is InChI=1S/C12H7Br2ClFNO2S/c13-7-1-4-12(9(14)5-7)20(18,19)17-11-3-2-8(16)6-10(11)15/h1-6,17H. The molecule has 0 amide bonds. The molecule has 0 radical (unpaired) electrons. The smallest absolute Gasteiger partial charge is 0.263 e. The van der Waals surface area contributed by atoms with Gasteiger partial charge in [0.2, 0.25) is 0 Å². The Kier molecular flexibility index (Phi) is 4.73. The van der Waals surface area contributed by atoms with Gasteiger partial charge in [0.15, 0.2) is 0 Å². The van der Waals surface area contributed by atoms with E-state index in [1.165, 1.54) is 12.1 Å². The van der Waals surface area contributed by atoms with Gasteiger partial charge in [-0.25, -0.2) is 12.8 Å². The summed E-state index contributed by atoms with van der Waals surface area (Å²) < 4.78 is 40.9. The number of sulfonamides is 1. The highest BCUT2D eigenvalue weighted by atomic mass is 79.9. The number of hydrogen-bond donors (Lipinski definition) is 1. The summed E-state index contributed by atoms with van der Waals surface area (Å²) in [5.41, 5.74) is 0.114. The largest absolute Gasteiger partial charge is 0.278 e. The predicted octanol–water partition coefficient (Wildman–Crippen LogP) is 4.80. The molecule has 2 aromatic rings. The molecule has 0 saturated heterocycles. The lowest BCUT2D eigenvalue weighted by Gasteiger charge is -2.11. The molecular weight excluding hydrogens is 436 g/mol. The Bertz CT molecular complexity index is 768. The van der Waals surface area contributed by atoms with E-state index < -0.39 is 15.8 Å². The van der Waals surface area contributed by atoms with Gasteiger partial charge in [0, 0.05) is 8.95 Å². The lowest BCUT2D eigenvalue weighted by Crippen LogP contribution is -2.14. The minimum absolute atomic E-state index is 0.0122. The number of rotatable bonds is 3. The second-order valence-corrected chi connectivity index (χ2v) is 7.63. The molecule has 0 aromatic heterocycles. The Labute approximate surface area is 137 Å². The minimum atomic E-state index is -3.82. The summed E-state index contributed by atoms with van der Waals surface area (Å²) in [5, 5.41) is -0.0122. The van der Waals surface area contributed by atoms with E-state index in [9.17, 15) is 12.8 Å². The van der Waals surface area contributed by atoms with E-state index >= 15 is 0 Å². The fraction of sp³-hybridized carbons (Fsp3) is 0. The summed E-state index contributed by atoms with van der Waals surface area (Å²) in [6, 6.07) is 8.08. The molecule has 0 bridgehead atoms. The van der Waals surface area contributed by atoms with Gasteiger partial charge in [-0.1, -0.05) is 27.5 Å². The van der Waals surface area contributed by atoms with Crippen molar-refractivity contribution in [3.63, 3.8) is 0 Å². The van der Waals surface area contributed by atoms with Crippen molar-refractivity contribution in [1.29, 1.82) is 0 Å². The van der Waals surface area contributed by atoms with Crippen LogP contribution in [0, 0.1) is 5.82 Å². The zero-order chi connectivity index (χ0) is 14.9. The molecule has 0 aliphatic rings. The first kappa shape index (κ1) is 15.8. The van der Waals surface area contributed by atoms with Crippen LogP contribution in [0.15, 0.2) is 50.2 Å². The molecule has 20 heavy (non-hydrogen) atoms. The van der Waals surface area contributed by atoms with Gasteiger partial charge in [-0.15, -0.1) is 0 Å². The highest BCUT2D eigenvalue weighted by molar-refractivity contribution is 9.11. The van der Waals surface area contributed by atoms with E-state index in [1.54, 1.807) is 12.1 Å². The van der Waals surface area contributed by atoms with Crippen molar-refractivity contribution in [2.45, 2.75) is 4.90 Å². The minimum Gasteiger partial charge on any atom is -0.278 e. The molecule has 0 heterocycles. The van der Waals surface area contributed by atoms with Gasteiger partial charge in [0.25, 0.3) is 10.0 Å². The zero-order valence-corrected chi connectivity index (χ0v) is 14.4. The van der Waals surface area contributed by atoms with Gasteiger partial charge in [0.1, 0.15) is 10.7 Å². The first-order valence-electron chi connectivity index (χ1n) is 5.22. The zero-order valence-electron chi connectivity index (χ0n) is 9.70. The monoisotopic (exact) mass is 441 g/mol. The Morgan fingerprint density at radius 2 is 1.80 bits per heavy atom. The van der Waals surface area contributed by atoms with E-state index in [4.69, 9.17) is 11.6 Å². The van der Waals surface area contributed by atoms with Gasteiger partial charge in [-0.05, 0) is 52.3 Å². The maximum absolute atomic E-state index is 12.9. The average molecular weight is 444 g/mol.